The van der Waals surface area contributed by atoms with Crippen LogP contribution in [0.5, 0.6) is 5.75 Å². The average molecular weight is 288 g/mol. The van der Waals surface area contributed by atoms with Gasteiger partial charge >= 0.3 is 0 Å². The largest absolute Gasteiger partial charge is 0.494 e. The first kappa shape index (κ1) is 13.5. The van der Waals surface area contributed by atoms with Crippen LogP contribution in [-0.4, -0.2) is 26.9 Å². The van der Waals surface area contributed by atoms with E-state index in [0.717, 1.165) is 29.9 Å². The summed E-state index contributed by atoms with van der Waals surface area (Å²) in [4.78, 5) is 0. The average Bonchev–Trinajstić information content (AvgIpc) is 2.29. The smallest absolute Gasteiger partial charge is 0.119 e. The molecule has 0 aliphatic carbocycles. The van der Waals surface area contributed by atoms with E-state index in [1.54, 1.807) is 7.11 Å². The normalized spacial score (nSPS) is 10.4. The van der Waals surface area contributed by atoms with E-state index in [1.807, 2.05) is 25.1 Å². The lowest BCUT2D eigenvalue weighted by Crippen LogP contribution is -2.18. The third-order valence-electron chi connectivity index (χ3n) is 2.13. The van der Waals surface area contributed by atoms with Gasteiger partial charge in [0.15, 0.2) is 0 Å². The molecule has 1 rings (SSSR count). The Morgan fingerprint density at radius 2 is 2.19 bits per heavy atom. The minimum Gasteiger partial charge on any atom is -0.494 e. The lowest BCUT2D eigenvalue weighted by Gasteiger charge is -2.09. The van der Waals surface area contributed by atoms with Gasteiger partial charge in [0.2, 0.25) is 0 Å². The molecule has 0 aliphatic rings. The quantitative estimate of drug-likeness (QED) is 0.782. The summed E-state index contributed by atoms with van der Waals surface area (Å²) in [7, 11) is 1.70. The van der Waals surface area contributed by atoms with Gasteiger partial charge in [0.25, 0.3) is 0 Å². The zero-order valence-corrected chi connectivity index (χ0v) is 11.3. The lowest BCUT2D eigenvalue weighted by molar-refractivity contribution is 0.199. The second kappa shape index (κ2) is 7.65. The molecule has 0 amide bonds. The highest BCUT2D eigenvalue weighted by molar-refractivity contribution is 9.10. The van der Waals surface area contributed by atoms with E-state index in [-0.39, 0.29) is 0 Å². The van der Waals surface area contributed by atoms with Crippen molar-refractivity contribution in [2.24, 2.45) is 0 Å². The predicted octanol–water partition coefficient (Wildman–Crippen LogP) is 2.58. The molecule has 0 aromatic heterocycles. The zero-order valence-electron chi connectivity index (χ0n) is 9.75. The van der Waals surface area contributed by atoms with Crippen LogP contribution in [0.25, 0.3) is 0 Å². The van der Waals surface area contributed by atoms with E-state index < -0.39 is 0 Å². The lowest BCUT2D eigenvalue weighted by atomic mass is 10.2. The molecule has 0 aliphatic heterocycles. The predicted molar refractivity (Wildman–Crippen MR) is 68.9 cm³/mol. The summed E-state index contributed by atoms with van der Waals surface area (Å²) in [5, 5.41) is 3.30. The highest BCUT2D eigenvalue weighted by Crippen LogP contribution is 2.22. The van der Waals surface area contributed by atoms with Crippen LogP contribution in [0.3, 0.4) is 0 Å². The summed E-state index contributed by atoms with van der Waals surface area (Å²) in [6.45, 7) is 5.06. The summed E-state index contributed by atoms with van der Waals surface area (Å²) < 4.78 is 11.5. The standard InChI is InChI=1S/C12H18BrNO2/c1-3-16-11-4-5-12(13)10(8-11)9-14-6-7-15-2/h4-5,8,14H,3,6-7,9H2,1-2H3. The topological polar surface area (TPSA) is 30.5 Å². The minimum absolute atomic E-state index is 0.693. The van der Waals surface area contributed by atoms with E-state index >= 15 is 0 Å². The van der Waals surface area contributed by atoms with Gasteiger partial charge in [-0.25, -0.2) is 0 Å². The van der Waals surface area contributed by atoms with Crippen molar-refractivity contribution in [3.8, 4) is 5.75 Å². The van der Waals surface area contributed by atoms with Gasteiger partial charge in [-0.1, -0.05) is 15.9 Å². The van der Waals surface area contributed by atoms with Crippen molar-refractivity contribution in [2.45, 2.75) is 13.5 Å². The number of benzene rings is 1. The van der Waals surface area contributed by atoms with Crippen molar-refractivity contribution in [1.29, 1.82) is 0 Å². The maximum Gasteiger partial charge on any atom is 0.119 e. The number of rotatable bonds is 7. The fraction of sp³-hybridized carbons (Fsp3) is 0.500. The van der Waals surface area contributed by atoms with Gasteiger partial charge in [0.1, 0.15) is 5.75 Å². The Hall–Kier alpha value is -0.580. The van der Waals surface area contributed by atoms with Crippen molar-refractivity contribution in [1.82, 2.24) is 5.32 Å². The van der Waals surface area contributed by atoms with E-state index in [4.69, 9.17) is 9.47 Å². The third kappa shape index (κ3) is 4.51. The van der Waals surface area contributed by atoms with Crippen molar-refractivity contribution >= 4 is 15.9 Å². The molecule has 0 bridgehead atoms. The summed E-state index contributed by atoms with van der Waals surface area (Å²) in [5.41, 5.74) is 1.20. The van der Waals surface area contributed by atoms with Gasteiger partial charge < -0.3 is 14.8 Å². The van der Waals surface area contributed by atoms with Crippen molar-refractivity contribution in [3.05, 3.63) is 28.2 Å². The SMILES string of the molecule is CCOc1ccc(Br)c(CNCCOC)c1. The summed E-state index contributed by atoms with van der Waals surface area (Å²) >= 11 is 3.52. The number of nitrogens with one attached hydrogen (secondary N) is 1. The monoisotopic (exact) mass is 287 g/mol. The Kier molecular flexibility index (Phi) is 6.45. The molecule has 1 N–H and O–H groups in total. The number of ether oxygens (including phenoxy) is 2. The zero-order chi connectivity index (χ0) is 11.8. The van der Waals surface area contributed by atoms with E-state index in [0.29, 0.717) is 6.61 Å². The van der Waals surface area contributed by atoms with Gasteiger partial charge in [-0.2, -0.15) is 0 Å². The summed E-state index contributed by atoms with van der Waals surface area (Å²) in [6.07, 6.45) is 0. The number of methoxy groups -OCH3 is 1. The second-order valence-corrected chi connectivity index (χ2v) is 4.21. The molecule has 0 spiro atoms. The molecule has 0 fully saturated rings. The first-order valence-electron chi connectivity index (χ1n) is 5.38. The number of hydrogen-bond donors (Lipinski definition) is 1. The van der Waals surface area contributed by atoms with E-state index in [2.05, 4.69) is 21.2 Å². The van der Waals surface area contributed by atoms with Crippen LogP contribution < -0.4 is 10.1 Å². The molecule has 3 nitrogen and oxygen atoms in total. The highest BCUT2D eigenvalue weighted by Gasteiger charge is 2.01. The van der Waals surface area contributed by atoms with Gasteiger partial charge in [-0.05, 0) is 30.7 Å². The third-order valence-corrected chi connectivity index (χ3v) is 2.90. The second-order valence-electron chi connectivity index (χ2n) is 3.36. The molecule has 0 atom stereocenters. The Labute approximate surface area is 105 Å². The van der Waals surface area contributed by atoms with Gasteiger partial charge in [-0.15, -0.1) is 0 Å². The first-order chi connectivity index (χ1) is 7.77. The van der Waals surface area contributed by atoms with Gasteiger partial charge in [0.05, 0.1) is 13.2 Å². The maximum absolute atomic E-state index is 5.46. The van der Waals surface area contributed by atoms with Crippen LogP contribution in [0.1, 0.15) is 12.5 Å². The number of halogens is 1. The van der Waals surface area contributed by atoms with Crippen LogP contribution >= 0.6 is 15.9 Å². The number of hydrogen-bond acceptors (Lipinski definition) is 3. The maximum atomic E-state index is 5.46. The van der Waals surface area contributed by atoms with Crippen molar-refractivity contribution in [3.63, 3.8) is 0 Å². The Morgan fingerprint density at radius 1 is 1.38 bits per heavy atom. The molecule has 0 saturated carbocycles. The molecule has 0 heterocycles. The van der Waals surface area contributed by atoms with Crippen molar-refractivity contribution in [2.75, 3.05) is 26.9 Å². The van der Waals surface area contributed by atoms with Gasteiger partial charge in [-0.3, -0.25) is 0 Å². The van der Waals surface area contributed by atoms with Gasteiger partial charge in [0, 0.05) is 24.7 Å². The highest BCUT2D eigenvalue weighted by atomic mass is 79.9. The molecule has 0 saturated heterocycles. The molecule has 0 unspecified atom stereocenters. The Balaban J connectivity index is 2.52. The van der Waals surface area contributed by atoms with Crippen LogP contribution in [0.2, 0.25) is 0 Å². The Morgan fingerprint density at radius 3 is 2.88 bits per heavy atom. The molecular weight excluding hydrogens is 270 g/mol. The molecule has 1 aromatic rings. The molecule has 1 aromatic carbocycles. The van der Waals surface area contributed by atoms with Crippen molar-refractivity contribution < 1.29 is 9.47 Å². The van der Waals surface area contributed by atoms with E-state index in [9.17, 15) is 0 Å². The van der Waals surface area contributed by atoms with Crippen LogP contribution in [0.4, 0.5) is 0 Å². The fourth-order valence-corrected chi connectivity index (χ4v) is 1.73. The molecule has 16 heavy (non-hydrogen) atoms. The summed E-state index contributed by atoms with van der Waals surface area (Å²) in [5.74, 6) is 0.911. The van der Waals surface area contributed by atoms with Crippen LogP contribution in [-0.2, 0) is 11.3 Å². The first-order valence-corrected chi connectivity index (χ1v) is 6.18. The molecule has 0 radical (unpaired) electrons. The van der Waals surface area contributed by atoms with E-state index in [1.165, 1.54) is 5.56 Å². The molecule has 4 heteroatoms. The minimum atomic E-state index is 0.693. The fourth-order valence-electron chi connectivity index (χ4n) is 1.34. The summed E-state index contributed by atoms with van der Waals surface area (Å²) in [6, 6.07) is 6.03. The van der Waals surface area contributed by atoms with Crippen LogP contribution in [0.15, 0.2) is 22.7 Å². The Bertz CT molecular complexity index is 318. The molecule has 90 valence electrons. The molecular formula is C12H18BrNO2. The van der Waals surface area contributed by atoms with Crippen LogP contribution in [0, 0.1) is 0 Å².